The van der Waals surface area contributed by atoms with E-state index in [0.29, 0.717) is 16.5 Å². The number of esters is 1. The van der Waals surface area contributed by atoms with Crippen LogP contribution in [0.2, 0.25) is 5.02 Å². The van der Waals surface area contributed by atoms with Gasteiger partial charge in [0.1, 0.15) is 6.10 Å². The molecule has 0 N–H and O–H groups in total. The Morgan fingerprint density at radius 1 is 1.50 bits per heavy atom. The fourth-order valence-corrected chi connectivity index (χ4v) is 2.71. The Hall–Kier alpha value is -1.09. The molecular formula is C14H18ClNO2. The van der Waals surface area contributed by atoms with Gasteiger partial charge in [-0.25, -0.2) is 4.79 Å². The van der Waals surface area contributed by atoms with Crippen molar-refractivity contribution < 1.29 is 9.53 Å². The zero-order chi connectivity index (χ0) is 13.0. The van der Waals surface area contributed by atoms with Crippen LogP contribution < -0.4 is 0 Å². The third-order valence-corrected chi connectivity index (χ3v) is 3.94. The Bertz CT molecular complexity index is 422. The van der Waals surface area contributed by atoms with Gasteiger partial charge in [0.15, 0.2) is 0 Å². The van der Waals surface area contributed by atoms with Crippen LogP contribution in [-0.4, -0.2) is 17.1 Å². The molecule has 1 aliphatic rings. The van der Waals surface area contributed by atoms with Crippen LogP contribution in [-0.2, 0) is 4.74 Å². The van der Waals surface area contributed by atoms with E-state index in [1.54, 1.807) is 12.3 Å². The lowest BCUT2D eigenvalue weighted by Gasteiger charge is -2.30. The van der Waals surface area contributed by atoms with Crippen molar-refractivity contribution in [3.63, 3.8) is 0 Å². The van der Waals surface area contributed by atoms with Crippen molar-refractivity contribution in [2.75, 3.05) is 0 Å². The van der Waals surface area contributed by atoms with Gasteiger partial charge >= 0.3 is 5.97 Å². The summed E-state index contributed by atoms with van der Waals surface area (Å²) in [6.07, 6.45) is 8.60. The first-order valence-corrected chi connectivity index (χ1v) is 6.90. The SMILES string of the molecule is CCC1CCCCC1OC(=O)c1cnccc1Cl. The summed E-state index contributed by atoms with van der Waals surface area (Å²) in [5.74, 6) is 0.136. The highest BCUT2D eigenvalue weighted by molar-refractivity contribution is 6.33. The predicted octanol–water partition coefficient (Wildman–Crippen LogP) is 3.86. The summed E-state index contributed by atoms with van der Waals surface area (Å²) in [4.78, 5) is 16.0. The molecule has 2 unspecified atom stereocenters. The van der Waals surface area contributed by atoms with Crippen molar-refractivity contribution in [3.05, 3.63) is 29.0 Å². The fourth-order valence-electron chi connectivity index (χ4n) is 2.52. The fraction of sp³-hybridized carbons (Fsp3) is 0.571. The van der Waals surface area contributed by atoms with Crippen LogP contribution in [0.15, 0.2) is 18.5 Å². The summed E-state index contributed by atoms with van der Waals surface area (Å²) in [7, 11) is 0. The van der Waals surface area contributed by atoms with Crippen LogP contribution in [0.4, 0.5) is 0 Å². The summed E-state index contributed by atoms with van der Waals surface area (Å²) < 4.78 is 5.60. The van der Waals surface area contributed by atoms with Crippen LogP contribution in [0.25, 0.3) is 0 Å². The van der Waals surface area contributed by atoms with Crippen LogP contribution >= 0.6 is 11.6 Å². The highest BCUT2D eigenvalue weighted by Gasteiger charge is 2.27. The first-order chi connectivity index (χ1) is 8.72. The number of carbonyl (C=O) groups excluding carboxylic acids is 1. The van der Waals surface area contributed by atoms with E-state index in [9.17, 15) is 4.79 Å². The largest absolute Gasteiger partial charge is 0.458 e. The van der Waals surface area contributed by atoms with E-state index < -0.39 is 0 Å². The molecule has 0 amide bonds. The molecule has 1 aromatic heterocycles. The molecular weight excluding hydrogens is 250 g/mol. The molecule has 1 aliphatic carbocycles. The minimum absolute atomic E-state index is 0.0347. The third kappa shape index (κ3) is 3.02. The van der Waals surface area contributed by atoms with E-state index in [0.717, 1.165) is 25.7 Å². The maximum atomic E-state index is 12.0. The average molecular weight is 268 g/mol. The average Bonchev–Trinajstić information content (AvgIpc) is 2.39. The Morgan fingerprint density at radius 3 is 3.00 bits per heavy atom. The van der Waals surface area contributed by atoms with Crippen molar-refractivity contribution in [3.8, 4) is 0 Å². The number of halogens is 1. The number of ether oxygens (including phenoxy) is 1. The van der Waals surface area contributed by atoms with Crippen molar-refractivity contribution in [1.29, 1.82) is 0 Å². The van der Waals surface area contributed by atoms with E-state index in [2.05, 4.69) is 11.9 Å². The standard InChI is InChI=1S/C14H18ClNO2/c1-2-10-5-3-4-6-13(10)18-14(17)11-9-16-8-7-12(11)15/h7-10,13H,2-6H2,1H3. The van der Waals surface area contributed by atoms with Gasteiger partial charge in [0.25, 0.3) is 0 Å². The highest BCUT2D eigenvalue weighted by Crippen LogP contribution is 2.30. The van der Waals surface area contributed by atoms with E-state index in [1.807, 2.05) is 0 Å². The number of hydrogen-bond acceptors (Lipinski definition) is 3. The minimum atomic E-state index is -0.349. The Morgan fingerprint density at radius 2 is 2.28 bits per heavy atom. The smallest absolute Gasteiger partial charge is 0.341 e. The summed E-state index contributed by atoms with van der Waals surface area (Å²) in [6, 6.07) is 1.61. The molecule has 0 aliphatic heterocycles. The van der Waals surface area contributed by atoms with Crippen molar-refractivity contribution >= 4 is 17.6 Å². The Balaban J connectivity index is 2.04. The van der Waals surface area contributed by atoms with E-state index >= 15 is 0 Å². The second-order valence-corrected chi connectivity index (χ2v) is 5.16. The number of carbonyl (C=O) groups is 1. The van der Waals surface area contributed by atoms with Gasteiger partial charge in [-0.15, -0.1) is 0 Å². The van der Waals surface area contributed by atoms with Crippen molar-refractivity contribution in [1.82, 2.24) is 4.98 Å². The number of aromatic nitrogens is 1. The summed E-state index contributed by atoms with van der Waals surface area (Å²) in [5.41, 5.74) is 0.361. The van der Waals surface area contributed by atoms with Gasteiger partial charge in [0.05, 0.1) is 10.6 Å². The number of hydrogen-bond donors (Lipinski definition) is 0. The van der Waals surface area contributed by atoms with Crippen LogP contribution in [0.5, 0.6) is 0 Å². The third-order valence-electron chi connectivity index (χ3n) is 3.61. The lowest BCUT2D eigenvalue weighted by Crippen LogP contribution is -2.29. The molecule has 1 saturated carbocycles. The number of rotatable bonds is 3. The summed E-state index contributed by atoms with van der Waals surface area (Å²) in [6.45, 7) is 2.15. The zero-order valence-electron chi connectivity index (χ0n) is 10.6. The molecule has 0 radical (unpaired) electrons. The second kappa shape index (κ2) is 6.19. The monoisotopic (exact) mass is 267 g/mol. The van der Waals surface area contributed by atoms with Gasteiger partial charge in [0.2, 0.25) is 0 Å². The molecule has 2 rings (SSSR count). The molecule has 0 spiro atoms. The Labute approximate surface area is 113 Å². The first kappa shape index (κ1) is 13.3. The van der Waals surface area contributed by atoms with Gasteiger partial charge in [-0.3, -0.25) is 4.98 Å². The molecule has 2 atom stereocenters. The summed E-state index contributed by atoms with van der Waals surface area (Å²) >= 11 is 5.97. The number of nitrogens with zero attached hydrogens (tertiary/aromatic N) is 1. The van der Waals surface area contributed by atoms with Crippen molar-refractivity contribution in [2.24, 2.45) is 5.92 Å². The van der Waals surface area contributed by atoms with E-state index in [4.69, 9.17) is 16.3 Å². The quantitative estimate of drug-likeness (QED) is 0.781. The molecule has 1 heterocycles. The van der Waals surface area contributed by atoms with Gasteiger partial charge in [-0.2, -0.15) is 0 Å². The van der Waals surface area contributed by atoms with E-state index in [-0.39, 0.29) is 12.1 Å². The molecule has 4 heteroatoms. The minimum Gasteiger partial charge on any atom is -0.458 e. The maximum Gasteiger partial charge on any atom is 0.341 e. The first-order valence-electron chi connectivity index (χ1n) is 6.53. The Kier molecular flexibility index (Phi) is 4.59. The molecule has 1 aromatic rings. The molecule has 0 saturated heterocycles. The summed E-state index contributed by atoms with van der Waals surface area (Å²) in [5, 5.41) is 0.402. The lowest BCUT2D eigenvalue weighted by molar-refractivity contribution is 0.000688. The van der Waals surface area contributed by atoms with E-state index in [1.165, 1.54) is 12.6 Å². The highest BCUT2D eigenvalue weighted by atomic mass is 35.5. The van der Waals surface area contributed by atoms with Gasteiger partial charge < -0.3 is 4.74 Å². The van der Waals surface area contributed by atoms with Crippen LogP contribution in [0.1, 0.15) is 49.4 Å². The zero-order valence-corrected chi connectivity index (χ0v) is 11.3. The van der Waals surface area contributed by atoms with Crippen LogP contribution in [0, 0.1) is 5.92 Å². The molecule has 1 fully saturated rings. The predicted molar refractivity (Wildman–Crippen MR) is 70.7 cm³/mol. The second-order valence-electron chi connectivity index (χ2n) is 4.75. The molecule has 98 valence electrons. The maximum absolute atomic E-state index is 12.0. The van der Waals surface area contributed by atoms with Gasteiger partial charge in [0, 0.05) is 12.4 Å². The molecule has 3 nitrogen and oxygen atoms in total. The van der Waals surface area contributed by atoms with Gasteiger partial charge in [-0.05, 0) is 37.7 Å². The van der Waals surface area contributed by atoms with Gasteiger partial charge in [-0.1, -0.05) is 24.9 Å². The van der Waals surface area contributed by atoms with Crippen LogP contribution in [0.3, 0.4) is 0 Å². The molecule has 0 aromatic carbocycles. The topological polar surface area (TPSA) is 39.2 Å². The lowest BCUT2D eigenvalue weighted by atomic mass is 9.85. The molecule has 18 heavy (non-hydrogen) atoms. The molecule has 0 bridgehead atoms. The number of pyridine rings is 1. The van der Waals surface area contributed by atoms with Crippen molar-refractivity contribution in [2.45, 2.75) is 45.1 Å². The normalized spacial score (nSPS) is 23.7.